The van der Waals surface area contributed by atoms with E-state index in [2.05, 4.69) is 9.97 Å². The number of imidazole rings is 1. The zero-order chi connectivity index (χ0) is 28.3. The average Bonchev–Trinajstić information content (AvgIpc) is 3.37. The van der Waals surface area contributed by atoms with Gasteiger partial charge in [-0.25, -0.2) is 18.2 Å². The lowest BCUT2D eigenvalue weighted by atomic mass is 9.93. The van der Waals surface area contributed by atoms with Crippen LogP contribution in [0.25, 0.3) is 22.0 Å². The lowest BCUT2D eigenvalue weighted by Crippen LogP contribution is -2.17. The van der Waals surface area contributed by atoms with Crippen LogP contribution < -0.4 is 18.9 Å². The molecular formula is C27H29N3O8S. The highest BCUT2D eigenvalue weighted by molar-refractivity contribution is 7.90. The zero-order valence-electron chi connectivity index (χ0n) is 22.5. The maximum atomic E-state index is 13.5. The van der Waals surface area contributed by atoms with Gasteiger partial charge in [0.05, 0.1) is 51.8 Å². The average molecular weight is 556 g/mol. The van der Waals surface area contributed by atoms with Gasteiger partial charge in [0.2, 0.25) is 15.0 Å². The highest BCUT2D eigenvalue weighted by Gasteiger charge is 2.30. The van der Waals surface area contributed by atoms with E-state index >= 15 is 0 Å². The van der Waals surface area contributed by atoms with Gasteiger partial charge in [-0.15, -0.1) is 0 Å². The molecule has 0 atom stereocenters. The van der Waals surface area contributed by atoms with Crippen LogP contribution in [0, 0.1) is 0 Å². The Morgan fingerprint density at radius 1 is 0.923 bits per heavy atom. The lowest BCUT2D eigenvalue weighted by molar-refractivity contribution is 0.0526. The minimum atomic E-state index is -4.01. The smallest absolute Gasteiger partial charge is 0.340 e. The molecule has 0 spiro atoms. The third-order valence-corrected chi connectivity index (χ3v) is 7.70. The number of carbonyl (C=O) groups excluding carboxylic acids is 1. The molecule has 2 aromatic carbocycles. The molecule has 12 heteroatoms. The van der Waals surface area contributed by atoms with Gasteiger partial charge in [0.25, 0.3) is 0 Å². The Labute approximate surface area is 226 Å². The van der Waals surface area contributed by atoms with Crippen LogP contribution in [0.3, 0.4) is 0 Å². The first kappa shape index (κ1) is 27.7. The molecule has 0 N–H and O–H groups in total. The Bertz CT molecular complexity index is 1650. The van der Waals surface area contributed by atoms with Crippen LogP contribution >= 0.6 is 0 Å². The van der Waals surface area contributed by atoms with Gasteiger partial charge >= 0.3 is 5.97 Å². The summed E-state index contributed by atoms with van der Waals surface area (Å²) in [5, 5.41) is 0.361. The molecule has 2 heterocycles. The Hall–Kier alpha value is -4.32. The molecular weight excluding hydrogens is 526 g/mol. The summed E-state index contributed by atoms with van der Waals surface area (Å²) in [6.07, 6.45) is 2.92. The normalized spacial score (nSPS) is 11.3. The summed E-state index contributed by atoms with van der Waals surface area (Å²) < 4.78 is 55.6. The van der Waals surface area contributed by atoms with Crippen molar-refractivity contribution in [2.24, 2.45) is 7.05 Å². The number of esters is 1. The van der Waals surface area contributed by atoms with E-state index in [0.29, 0.717) is 45.0 Å². The van der Waals surface area contributed by atoms with Crippen LogP contribution in [0.5, 0.6) is 23.0 Å². The number of sulfone groups is 1. The Morgan fingerprint density at radius 2 is 1.56 bits per heavy atom. The highest BCUT2D eigenvalue weighted by atomic mass is 32.2. The molecule has 0 aliphatic heterocycles. The summed E-state index contributed by atoms with van der Waals surface area (Å²) in [6, 6.07) is 8.45. The van der Waals surface area contributed by atoms with Gasteiger partial charge in [0.1, 0.15) is 5.75 Å². The predicted octanol–water partition coefficient (Wildman–Crippen LogP) is 3.82. The third-order valence-electron chi connectivity index (χ3n) is 6.10. The van der Waals surface area contributed by atoms with E-state index in [-0.39, 0.29) is 23.0 Å². The number of aryl methyl sites for hydroxylation is 1. The van der Waals surface area contributed by atoms with E-state index in [1.807, 2.05) is 0 Å². The van der Waals surface area contributed by atoms with Crippen molar-refractivity contribution in [1.82, 2.24) is 14.5 Å². The number of hydrogen-bond acceptors (Lipinski definition) is 10. The zero-order valence-corrected chi connectivity index (χ0v) is 23.3. The fourth-order valence-corrected chi connectivity index (χ4v) is 5.78. The van der Waals surface area contributed by atoms with Gasteiger partial charge in [0.15, 0.2) is 23.0 Å². The van der Waals surface area contributed by atoms with Gasteiger partial charge in [-0.2, -0.15) is 0 Å². The van der Waals surface area contributed by atoms with Crippen molar-refractivity contribution in [2.45, 2.75) is 17.8 Å². The van der Waals surface area contributed by atoms with Crippen molar-refractivity contribution in [3.05, 3.63) is 54.0 Å². The second kappa shape index (κ2) is 11.2. The topological polar surface area (TPSA) is 128 Å². The van der Waals surface area contributed by atoms with Crippen LogP contribution in [0.15, 0.2) is 47.9 Å². The maximum absolute atomic E-state index is 13.5. The second-order valence-corrected chi connectivity index (χ2v) is 10.3. The lowest BCUT2D eigenvalue weighted by Gasteiger charge is -2.19. The van der Waals surface area contributed by atoms with Crippen LogP contribution in [0.1, 0.15) is 23.0 Å². The molecule has 0 saturated carbocycles. The SMILES string of the molecule is CCOC(=O)c1c(CS(=O)(=O)c2nccn2C)nc2cc(OC)c(OC)cc2c1-c1ccc(OC)c(OC)c1. The van der Waals surface area contributed by atoms with E-state index in [1.165, 1.54) is 45.4 Å². The minimum Gasteiger partial charge on any atom is -0.493 e. The summed E-state index contributed by atoms with van der Waals surface area (Å²) in [7, 11) is 3.56. The van der Waals surface area contributed by atoms with Crippen LogP contribution in [0.4, 0.5) is 0 Å². The van der Waals surface area contributed by atoms with Gasteiger partial charge < -0.3 is 28.3 Å². The van der Waals surface area contributed by atoms with Crippen molar-refractivity contribution in [3.63, 3.8) is 0 Å². The van der Waals surface area contributed by atoms with Gasteiger partial charge in [0, 0.05) is 36.5 Å². The first-order valence-electron chi connectivity index (χ1n) is 11.9. The molecule has 0 bridgehead atoms. The molecule has 206 valence electrons. The number of hydrogen-bond donors (Lipinski definition) is 0. The summed E-state index contributed by atoms with van der Waals surface area (Å²) in [5.74, 6) is 0.355. The van der Waals surface area contributed by atoms with Crippen molar-refractivity contribution < 1.29 is 36.9 Å². The molecule has 0 saturated heterocycles. The van der Waals surface area contributed by atoms with E-state index in [1.54, 1.807) is 44.3 Å². The molecule has 0 amide bonds. The van der Waals surface area contributed by atoms with E-state index in [9.17, 15) is 13.2 Å². The van der Waals surface area contributed by atoms with Crippen LogP contribution in [-0.2, 0) is 27.4 Å². The number of benzene rings is 2. The number of nitrogens with zero attached hydrogens (tertiary/aromatic N) is 3. The Morgan fingerprint density at radius 3 is 2.15 bits per heavy atom. The number of methoxy groups -OCH3 is 4. The molecule has 0 aliphatic carbocycles. The fraction of sp³-hybridized carbons (Fsp3) is 0.296. The number of fused-ring (bicyclic) bond motifs is 1. The van der Waals surface area contributed by atoms with Crippen molar-refractivity contribution >= 4 is 26.7 Å². The van der Waals surface area contributed by atoms with E-state index in [4.69, 9.17) is 23.7 Å². The highest BCUT2D eigenvalue weighted by Crippen LogP contribution is 2.42. The Balaban J connectivity index is 2.13. The number of ether oxygens (including phenoxy) is 5. The molecule has 0 radical (unpaired) electrons. The molecule has 0 fully saturated rings. The minimum absolute atomic E-state index is 0.000884. The van der Waals surface area contributed by atoms with Crippen molar-refractivity contribution in [3.8, 4) is 34.1 Å². The number of carbonyl (C=O) groups is 1. The van der Waals surface area contributed by atoms with Crippen LogP contribution in [-0.4, -0.2) is 64.0 Å². The Kier molecular flexibility index (Phi) is 7.95. The van der Waals surface area contributed by atoms with Gasteiger partial charge in [-0.3, -0.25) is 4.98 Å². The second-order valence-electron chi connectivity index (χ2n) is 8.40. The largest absolute Gasteiger partial charge is 0.493 e. The summed E-state index contributed by atoms with van der Waals surface area (Å²) in [5.41, 5.74) is 1.33. The van der Waals surface area contributed by atoms with E-state index < -0.39 is 21.6 Å². The number of aromatic nitrogens is 3. The summed E-state index contributed by atoms with van der Waals surface area (Å²) in [4.78, 5) is 22.1. The standard InChI is InChI=1S/C27H29N3O8S/c1-7-38-26(31)25-19(15-39(32,33)27-28-10-11-30(27)2)29-18-14-23(37-6)22(36-5)13-17(18)24(25)16-8-9-20(34-3)21(12-16)35-4/h8-14H,7,15H2,1-6H3. The third kappa shape index (κ3) is 5.19. The number of pyridine rings is 1. The molecule has 2 aromatic heterocycles. The maximum Gasteiger partial charge on any atom is 0.340 e. The van der Waals surface area contributed by atoms with E-state index in [0.717, 1.165) is 0 Å². The summed E-state index contributed by atoms with van der Waals surface area (Å²) >= 11 is 0. The first-order valence-corrected chi connectivity index (χ1v) is 13.5. The molecule has 0 aliphatic rings. The number of rotatable bonds is 10. The monoisotopic (exact) mass is 555 g/mol. The van der Waals surface area contributed by atoms with Gasteiger partial charge in [-0.05, 0) is 30.7 Å². The molecule has 11 nitrogen and oxygen atoms in total. The summed E-state index contributed by atoms with van der Waals surface area (Å²) in [6.45, 7) is 1.74. The molecule has 39 heavy (non-hydrogen) atoms. The molecule has 4 rings (SSSR count). The predicted molar refractivity (Wildman–Crippen MR) is 143 cm³/mol. The fourth-order valence-electron chi connectivity index (χ4n) is 4.36. The quantitative estimate of drug-likeness (QED) is 0.266. The molecule has 4 aromatic rings. The van der Waals surface area contributed by atoms with Crippen LogP contribution in [0.2, 0.25) is 0 Å². The van der Waals surface area contributed by atoms with Crippen molar-refractivity contribution in [2.75, 3.05) is 35.0 Å². The van der Waals surface area contributed by atoms with Gasteiger partial charge in [-0.1, -0.05) is 6.07 Å². The molecule has 0 unspecified atom stereocenters. The van der Waals surface area contributed by atoms with Crippen molar-refractivity contribution in [1.29, 1.82) is 0 Å². The first-order chi connectivity index (χ1) is 18.7.